The SMILES string of the molecule is C=CCNS(=O)(=O)c1ccc(C)c(C(=O)N2CCCCC2)c1. The molecule has 1 aromatic rings. The number of hydrogen-bond acceptors (Lipinski definition) is 3. The molecular weight excluding hydrogens is 300 g/mol. The van der Waals surface area contributed by atoms with Crippen LogP contribution in [-0.4, -0.2) is 38.9 Å². The van der Waals surface area contributed by atoms with Crippen LogP contribution < -0.4 is 4.72 Å². The van der Waals surface area contributed by atoms with Crippen molar-refractivity contribution in [1.29, 1.82) is 0 Å². The summed E-state index contributed by atoms with van der Waals surface area (Å²) < 4.78 is 26.8. The molecule has 22 heavy (non-hydrogen) atoms. The maximum atomic E-state index is 12.6. The van der Waals surface area contributed by atoms with E-state index in [2.05, 4.69) is 11.3 Å². The Balaban J connectivity index is 2.30. The molecule has 0 aromatic heterocycles. The van der Waals surface area contributed by atoms with Crippen molar-refractivity contribution in [3.8, 4) is 0 Å². The molecule has 1 heterocycles. The molecule has 6 heteroatoms. The smallest absolute Gasteiger partial charge is 0.254 e. The molecule has 0 spiro atoms. The first-order chi connectivity index (χ1) is 10.5. The molecule has 0 unspecified atom stereocenters. The van der Waals surface area contributed by atoms with Crippen LogP contribution in [0.25, 0.3) is 0 Å². The Morgan fingerprint density at radius 1 is 1.32 bits per heavy atom. The highest BCUT2D eigenvalue weighted by Crippen LogP contribution is 2.19. The third-order valence-corrected chi connectivity index (χ3v) is 5.23. The molecule has 0 saturated carbocycles. The molecule has 1 aliphatic heterocycles. The van der Waals surface area contributed by atoms with Crippen LogP contribution in [0.1, 0.15) is 35.2 Å². The summed E-state index contributed by atoms with van der Waals surface area (Å²) in [4.78, 5) is 14.5. The molecule has 1 aromatic carbocycles. The van der Waals surface area contributed by atoms with Crippen LogP contribution in [0.3, 0.4) is 0 Å². The van der Waals surface area contributed by atoms with Gasteiger partial charge in [-0.1, -0.05) is 12.1 Å². The predicted molar refractivity (Wildman–Crippen MR) is 86.3 cm³/mol. The monoisotopic (exact) mass is 322 g/mol. The Morgan fingerprint density at radius 3 is 2.64 bits per heavy atom. The molecule has 1 N–H and O–H groups in total. The highest BCUT2D eigenvalue weighted by atomic mass is 32.2. The van der Waals surface area contributed by atoms with E-state index in [1.54, 1.807) is 11.0 Å². The minimum Gasteiger partial charge on any atom is -0.339 e. The number of hydrogen-bond donors (Lipinski definition) is 1. The van der Waals surface area contributed by atoms with Crippen molar-refractivity contribution in [3.05, 3.63) is 42.0 Å². The molecule has 1 fully saturated rings. The second-order valence-corrected chi connectivity index (χ2v) is 7.24. The zero-order valence-electron chi connectivity index (χ0n) is 12.8. The van der Waals surface area contributed by atoms with Gasteiger partial charge >= 0.3 is 0 Å². The van der Waals surface area contributed by atoms with Crippen molar-refractivity contribution in [3.63, 3.8) is 0 Å². The van der Waals surface area contributed by atoms with Gasteiger partial charge in [0.1, 0.15) is 0 Å². The van der Waals surface area contributed by atoms with E-state index in [0.717, 1.165) is 37.9 Å². The molecule has 0 atom stereocenters. The van der Waals surface area contributed by atoms with E-state index in [1.807, 2.05) is 6.92 Å². The quantitative estimate of drug-likeness (QED) is 0.844. The molecule has 1 saturated heterocycles. The minimum atomic E-state index is -3.62. The largest absolute Gasteiger partial charge is 0.339 e. The van der Waals surface area contributed by atoms with E-state index in [0.29, 0.717) is 5.56 Å². The van der Waals surface area contributed by atoms with Crippen LogP contribution in [0, 0.1) is 6.92 Å². The average Bonchev–Trinajstić information content (AvgIpc) is 2.53. The van der Waals surface area contributed by atoms with Gasteiger partial charge in [0.05, 0.1) is 4.90 Å². The van der Waals surface area contributed by atoms with Gasteiger partial charge in [-0.3, -0.25) is 4.79 Å². The first-order valence-electron chi connectivity index (χ1n) is 7.46. The highest BCUT2D eigenvalue weighted by molar-refractivity contribution is 7.89. The lowest BCUT2D eigenvalue weighted by atomic mass is 10.1. The Hall–Kier alpha value is -1.66. The van der Waals surface area contributed by atoms with Crippen LogP contribution in [0.2, 0.25) is 0 Å². The van der Waals surface area contributed by atoms with E-state index in [4.69, 9.17) is 0 Å². The molecule has 2 rings (SSSR count). The van der Waals surface area contributed by atoms with Crippen LogP contribution in [0.4, 0.5) is 0 Å². The lowest BCUT2D eigenvalue weighted by Crippen LogP contribution is -2.36. The van der Waals surface area contributed by atoms with Crippen molar-refractivity contribution >= 4 is 15.9 Å². The molecule has 1 amide bonds. The molecule has 120 valence electrons. The molecule has 0 aliphatic carbocycles. The van der Waals surface area contributed by atoms with Crippen LogP contribution in [0.5, 0.6) is 0 Å². The van der Waals surface area contributed by atoms with Crippen molar-refractivity contribution in [2.75, 3.05) is 19.6 Å². The van der Waals surface area contributed by atoms with E-state index in [-0.39, 0.29) is 17.3 Å². The second kappa shape index (κ2) is 7.07. The Kier molecular flexibility index (Phi) is 5.37. The standard InChI is InChI=1S/C16H22N2O3S/c1-3-9-17-22(20,21)14-8-7-13(2)15(12-14)16(19)18-10-5-4-6-11-18/h3,7-8,12,17H,1,4-6,9-11H2,2H3. The summed E-state index contributed by atoms with van der Waals surface area (Å²) in [5, 5.41) is 0. The number of amides is 1. The molecule has 5 nitrogen and oxygen atoms in total. The topological polar surface area (TPSA) is 66.5 Å². The molecule has 1 aliphatic rings. The number of carbonyl (C=O) groups is 1. The van der Waals surface area contributed by atoms with Gasteiger partial charge in [-0.2, -0.15) is 0 Å². The van der Waals surface area contributed by atoms with Crippen LogP contribution in [-0.2, 0) is 10.0 Å². The maximum Gasteiger partial charge on any atom is 0.254 e. The lowest BCUT2D eigenvalue weighted by molar-refractivity contribution is 0.0723. The normalized spacial score (nSPS) is 15.6. The van der Waals surface area contributed by atoms with Gasteiger partial charge in [-0.05, 0) is 43.9 Å². The molecule has 0 bridgehead atoms. The van der Waals surface area contributed by atoms with Gasteiger partial charge in [0, 0.05) is 25.2 Å². The van der Waals surface area contributed by atoms with Crippen molar-refractivity contribution in [2.24, 2.45) is 0 Å². The minimum absolute atomic E-state index is 0.0852. The van der Waals surface area contributed by atoms with Crippen LogP contribution in [0.15, 0.2) is 35.7 Å². The summed E-state index contributed by atoms with van der Waals surface area (Å²) in [6, 6.07) is 4.67. The van der Waals surface area contributed by atoms with Gasteiger partial charge in [0.15, 0.2) is 0 Å². The zero-order valence-corrected chi connectivity index (χ0v) is 13.7. The number of sulfonamides is 1. The number of benzene rings is 1. The van der Waals surface area contributed by atoms with Gasteiger partial charge in [0.2, 0.25) is 10.0 Å². The number of aryl methyl sites for hydroxylation is 1. The fraction of sp³-hybridized carbons (Fsp3) is 0.438. The fourth-order valence-corrected chi connectivity index (χ4v) is 3.54. The Bertz CT molecular complexity index is 662. The summed E-state index contributed by atoms with van der Waals surface area (Å²) in [7, 11) is -3.62. The summed E-state index contributed by atoms with van der Waals surface area (Å²) in [5.41, 5.74) is 1.25. The molecular formula is C16H22N2O3S. The number of nitrogens with one attached hydrogen (secondary N) is 1. The fourth-order valence-electron chi connectivity index (χ4n) is 2.52. The second-order valence-electron chi connectivity index (χ2n) is 5.47. The number of rotatable bonds is 5. The number of carbonyl (C=O) groups excluding carboxylic acids is 1. The third-order valence-electron chi connectivity index (χ3n) is 3.81. The zero-order chi connectivity index (χ0) is 16.2. The third kappa shape index (κ3) is 3.75. The van der Waals surface area contributed by atoms with Crippen molar-refractivity contribution in [1.82, 2.24) is 9.62 Å². The van der Waals surface area contributed by atoms with Crippen LogP contribution >= 0.6 is 0 Å². The van der Waals surface area contributed by atoms with E-state index in [1.165, 1.54) is 18.2 Å². The molecule has 0 radical (unpaired) electrons. The number of nitrogens with zero attached hydrogens (tertiary/aromatic N) is 1. The van der Waals surface area contributed by atoms with E-state index < -0.39 is 10.0 Å². The Morgan fingerprint density at radius 2 is 2.00 bits per heavy atom. The Labute approximate surface area is 132 Å². The van der Waals surface area contributed by atoms with Crippen molar-refractivity contribution < 1.29 is 13.2 Å². The average molecular weight is 322 g/mol. The first kappa shape index (κ1) is 16.7. The summed E-state index contributed by atoms with van der Waals surface area (Å²) in [6.45, 7) is 6.95. The maximum absolute atomic E-state index is 12.6. The van der Waals surface area contributed by atoms with Gasteiger partial charge < -0.3 is 4.90 Å². The number of piperidine rings is 1. The first-order valence-corrected chi connectivity index (χ1v) is 8.94. The van der Waals surface area contributed by atoms with Gasteiger partial charge in [-0.25, -0.2) is 13.1 Å². The summed E-state index contributed by atoms with van der Waals surface area (Å²) >= 11 is 0. The number of likely N-dealkylation sites (tertiary alicyclic amines) is 1. The van der Waals surface area contributed by atoms with Gasteiger partial charge in [0.25, 0.3) is 5.91 Å². The summed E-state index contributed by atoms with van der Waals surface area (Å²) in [6.07, 6.45) is 4.63. The van der Waals surface area contributed by atoms with E-state index >= 15 is 0 Å². The van der Waals surface area contributed by atoms with Gasteiger partial charge in [-0.15, -0.1) is 6.58 Å². The summed E-state index contributed by atoms with van der Waals surface area (Å²) in [5.74, 6) is -0.0852. The lowest BCUT2D eigenvalue weighted by Gasteiger charge is -2.27. The van der Waals surface area contributed by atoms with Crippen molar-refractivity contribution in [2.45, 2.75) is 31.1 Å². The highest BCUT2D eigenvalue weighted by Gasteiger charge is 2.22. The predicted octanol–water partition coefficient (Wildman–Crippen LogP) is 2.09. The van der Waals surface area contributed by atoms with E-state index in [9.17, 15) is 13.2 Å².